The molecule has 0 radical (unpaired) electrons. The van der Waals surface area contributed by atoms with Crippen molar-refractivity contribution < 1.29 is 484 Å². The molecule has 3 aromatic heterocycles. The molecule has 45 nitrogen and oxygen atoms in total. The molecule has 514 valence electrons. The van der Waals surface area contributed by atoms with Gasteiger partial charge in [-0.05, 0) is 0 Å². The molecule has 0 aliphatic heterocycles. The summed E-state index contributed by atoms with van der Waals surface area (Å²) in [4.78, 5) is 34.3. The van der Waals surface area contributed by atoms with Crippen LogP contribution in [0.1, 0.15) is 13.8 Å². The van der Waals surface area contributed by atoms with E-state index >= 15 is 0 Å². The van der Waals surface area contributed by atoms with Gasteiger partial charge in [0.1, 0.15) is 0 Å². The van der Waals surface area contributed by atoms with E-state index in [-0.39, 0.29) is 450 Å². The third-order valence-electron chi connectivity index (χ3n) is 1.82. The smallest absolute Gasteiger partial charge is 0.166 e. The van der Waals surface area contributed by atoms with Crippen molar-refractivity contribution in [1.82, 2.24) is 0 Å². The minimum absolute atomic E-state index is 0. The van der Waals surface area contributed by atoms with E-state index in [4.69, 9.17) is 29.8 Å². The van der Waals surface area contributed by atoms with Gasteiger partial charge in [0.2, 0.25) is 0 Å². The van der Waals surface area contributed by atoms with Crippen LogP contribution in [0.2, 0.25) is 0 Å². The van der Waals surface area contributed by atoms with Crippen LogP contribution < -0.4 is 29.6 Å². The monoisotopic (exact) mass is 3200 g/mol. The molecule has 3 rings (SSSR count). The van der Waals surface area contributed by atoms with Gasteiger partial charge in [0.15, 0.2) is 37.2 Å². The van der Waals surface area contributed by atoms with Crippen LogP contribution in [0, 0.1) is 22.7 Å². The number of aromatic nitrogens is 3. The summed E-state index contributed by atoms with van der Waals surface area (Å²) in [6.07, 6.45) is 11.2. The van der Waals surface area contributed by atoms with Crippen LogP contribution in [0.4, 0.5) is 0 Å². The molecule has 0 atom stereocenters. The van der Waals surface area contributed by atoms with Crippen molar-refractivity contribution in [1.29, 1.82) is 10.5 Å². The first kappa shape index (κ1) is 587. The van der Waals surface area contributed by atoms with Crippen LogP contribution in [0.3, 0.4) is 0 Å². The van der Waals surface area contributed by atoms with E-state index in [9.17, 15) is 0 Å². The average molecular weight is 3200 g/mol. The Kier molecular flexibility index (Phi) is 4310. The quantitative estimate of drug-likeness (QED) is 0.199. The fraction of sp³-hybridized carbons (Fsp3) is 0.105. The first-order chi connectivity index (χ1) is 13.8. The summed E-state index contributed by atoms with van der Waals surface area (Å²) in [5.74, 6) is 0. The van der Waals surface area contributed by atoms with Crippen LogP contribution in [-0.4, -0.2) is 0 Å². The molecule has 0 saturated heterocycles. The van der Waals surface area contributed by atoms with Gasteiger partial charge >= 0.3 is 0 Å². The van der Waals surface area contributed by atoms with Crippen molar-refractivity contribution in [3.05, 3.63) is 91.8 Å². The summed E-state index contributed by atoms with van der Waals surface area (Å²) in [6, 6.07) is 21.1. The van der Waals surface area contributed by atoms with Crippen molar-refractivity contribution in [2.45, 2.75) is 13.8 Å². The molecule has 0 saturated carbocycles. The number of nitriles is 2. The van der Waals surface area contributed by atoms with E-state index in [1.807, 2.05) is 91.8 Å². The zero-order valence-corrected chi connectivity index (χ0v) is 71.8. The van der Waals surface area contributed by atoms with Crippen LogP contribution in [0.25, 0.3) is 0 Å². The fourth-order valence-electron chi connectivity index (χ4n) is 1.03. The molecule has 0 spiro atoms. The van der Waals surface area contributed by atoms with Gasteiger partial charge in [0.25, 0.3) is 0 Å². The molecule has 0 unspecified atom stereocenters. The van der Waals surface area contributed by atoms with E-state index in [0.29, 0.717) is 0 Å². The number of hydrogen-bond acceptors (Lipinski definition) is 6. The average Bonchev–Trinajstić information content (AvgIpc) is 2.73. The van der Waals surface area contributed by atoms with Crippen LogP contribution in [-0.2, 0) is 454 Å². The van der Waals surface area contributed by atoms with Gasteiger partial charge in [-0.2, -0.15) is 18.3 Å². The number of pyridine rings is 3. The van der Waals surface area contributed by atoms with Gasteiger partial charge < -0.3 is 216 Å². The summed E-state index contributed by atoms with van der Waals surface area (Å²) in [5.41, 5.74) is 0. The predicted octanol–water partition coefficient (Wildman–Crippen LogP) is -4.57. The maximum atomic E-state index is 8.55. The second-order valence-corrected chi connectivity index (χ2v) is 5.02. The SMILES string of the molecule is CC#N.CC#N.O=P([O-])([O-])[O-].[O-2].[O-2].[O-2].[O-2].[O-2].[O-2].[O-2].[O-2].[O-2].[O-2].[O-2].[O-2].[O-2].[O-2].[O-2].[O-2].[O-2].[O-2].[O-2].[O-2].[O-2].[O-2].[O-2].[O-2].[O-2].[O-2].[O-2].[O-2].[O-2].[O-2].[O-2].[O-2].[O-2].[O-2].[O-2].[O-2].[W].[W].[W].[W].[W].[W].[W].[W].[W].[W].[W].[W].c1cc[nH+]cc1.c1cc[nH+]cc1.c1cc[nH+]cc1. The maximum absolute atomic E-state index is 8.55. The number of H-pyrrole nitrogens is 3. The Morgan fingerprint density at radius 3 is 0.312 bits per heavy atom. The largest absolute Gasteiger partial charge is 2.00 e. The van der Waals surface area contributed by atoms with Gasteiger partial charge in [-0.15, -0.1) is 0 Å². The summed E-state index contributed by atoms with van der Waals surface area (Å²) < 4.78 is 8.55. The molecule has 0 aliphatic carbocycles. The minimum Gasteiger partial charge on any atom is -2.00 e. The Morgan fingerprint density at radius 1 is 0.247 bits per heavy atom. The van der Waals surface area contributed by atoms with E-state index in [2.05, 4.69) is 15.0 Å². The zero-order chi connectivity index (χ0) is 22.6. The normalized spacial score (nSPS) is 2.84. The molecule has 58 heteroatoms. The van der Waals surface area contributed by atoms with Gasteiger partial charge in [-0.1, -0.05) is 18.2 Å². The molecule has 3 aromatic rings. The molecule has 0 aromatic carbocycles. The number of nitrogens with zero attached hydrogens (tertiary/aromatic N) is 2. The third-order valence-corrected chi connectivity index (χ3v) is 1.82. The maximum Gasteiger partial charge on any atom is 0.166 e. The summed E-state index contributed by atoms with van der Waals surface area (Å²) >= 11 is 0. The molecular weight excluding hydrogens is 3180 g/mol. The Labute approximate surface area is 612 Å². The zero-order valence-electron chi connectivity index (χ0n) is 35.7. The van der Waals surface area contributed by atoms with Crippen molar-refractivity contribution in [2.75, 3.05) is 0 Å². The van der Waals surface area contributed by atoms with Crippen LogP contribution >= 0.6 is 7.82 Å². The number of phosphoric acid groups is 1. The number of aromatic amines is 3. The molecule has 77 heavy (non-hydrogen) atoms. The van der Waals surface area contributed by atoms with Crippen molar-refractivity contribution in [3.8, 4) is 12.1 Å². The van der Waals surface area contributed by atoms with Crippen molar-refractivity contribution >= 4 is 7.82 Å². The summed E-state index contributed by atoms with van der Waals surface area (Å²) in [5, 5.41) is 14.6. The van der Waals surface area contributed by atoms with Gasteiger partial charge in [-0.3, -0.25) is 0 Å². The Morgan fingerprint density at radius 2 is 0.299 bits per heavy atom. The van der Waals surface area contributed by atoms with Gasteiger partial charge in [0.05, 0.1) is 12.1 Å². The second kappa shape index (κ2) is 565. The molecule has 0 aliphatic rings. The van der Waals surface area contributed by atoms with Crippen LogP contribution in [0.5, 0.6) is 0 Å². The minimum atomic E-state index is -5.39. The van der Waals surface area contributed by atoms with Crippen LogP contribution in [0.15, 0.2) is 91.8 Å². The van der Waals surface area contributed by atoms with E-state index in [1.165, 1.54) is 13.8 Å². The predicted molar refractivity (Wildman–Crippen MR) is 124 cm³/mol. The second-order valence-electron chi connectivity index (χ2n) is 4.13. The molecule has 3 heterocycles. The number of rotatable bonds is 0. The molecule has 3 N–H and O–H groups in total. The Hall–Kier alpha value is 3.36. The standard InChI is InChI=1S/3C5H5N.2C2H3N.H3O4P.36O.12W/c3*1-2-4-6-5-3-1;2*1-2-3;1-5(2,3)4;;;;;;;;;;;;;;;;;;;;;;;;;;;;;;;;;;;;;;;;;;;;;;;;/h3*1-5H;2*1H3;(H3,1,2,3,4);;;;;;;;;;;;;;;;;;;;;;;;;;;;;;;;;;;;;;;;;;;;;;;;/q;;;;;;36*-2;;;;;;;;;;;;. The third kappa shape index (κ3) is 1040. The molecule has 0 fully saturated rings. The molecular formula is C19H24N5O40PW12-72. The Balaban J connectivity index is -0.00000000193. The first-order valence-corrected chi connectivity index (χ1v) is 9.37. The van der Waals surface area contributed by atoms with Gasteiger partial charge in [0, 0.05) is 303 Å². The van der Waals surface area contributed by atoms with Crippen molar-refractivity contribution in [3.63, 3.8) is 0 Å². The fourth-order valence-corrected chi connectivity index (χ4v) is 1.03. The van der Waals surface area contributed by atoms with E-state index in [0.717, 1.165) is 0 Å². The van der Waals surface area contributed by atoms with Crippen molar-refractivity contribution in [2.24, 2.45) is 0 Å². The first-order valence-electron chi connectivity index (χ1n) is 7.91. The summed E-state index contributed by atoms with van der Waals surface area (Å²) in [6.45, 7) is 2.86. The number of nitrogens with one attached hydrogen (secondary N) is 3. The number of hydrogen-bond donors (Lipinski definition) is 0. The Bertz CT molecular complexity index is 695. The molecule has 0 bridgehead atoms. The summed E-state index contributed by atoms with van der Waals surface area (Å²) in [7, 11) is -5.39. The van der Waals surface area contributed by atoms with E-state index < -0.39 is 7.82 Å². The van der Waals surface area contributed by atoms with E-state index in [1.54, 1.807) is 12.1 Å². The van der Waals surface area contributed by atoms with Gasteiger partial charge in [-0.25, -0.2) is 15.0 Å². The molecule has 0 amide bonds. The topological polar surface area (TPSA) is 1200 Å².